The molecule has 0 aliphatic carbocycles. The second kappa shape index (κ2) is 18.1. The molecule has 6 rings (SSSR count). The molecule has 1 atom stereocenters. The standard InChI is InChI=1S/C43H34Cl3F3N8O2/c1-23(13-24-14-27(16-28(44)15-24)35(50)21-39(52-2)56-41(58)30-19-37-25(17-33(30)45)7-5-11-53-37)55-40(22-36(51)29-9-3-4-10-32(29)43(47,48)49)57-42(59)31-20-38-26(18-34(31)46)8-6-12-54-38/h3-12,14-23H,13,50-51H2,1-2H3,(H,52,56,58)(H,55,57,59). The second-order valence-corrected chi connectivity index (χ2v) is 14.5. The molecule has 0 saturated carbocycles. The van der Waals surface area contributed by atoms with Crippen LogP contribution in [0.3, 0.4) is 0 Å². The van der Waals surface area contributed by atoms with Crippen LogP contribution in [0.5, 0.6) is 0 Å². The van der Waals surface area contributed by atoms with Gasteiger partial charge in [-0.1, -0.05) is 65.1 Å². The maximum Gasteiger partial charge on any atom is 0.417 e. The monoisotopic (exact) mass is 856 g/mol. The Morgan fingerprint density at radius 3 is 1.88 bits per heavy atom. The SMILES string of the molecule is CN=C(C=C(N)c1cc(Cl)cc(CC(C)N=C(C=C(N)c2ccccc2C(F)(F)F)NC(=O)c2cc3ncccc3cc2Cl)c1)NC(=O)c1cc2ncccc2cc1Cl. The number of aromatic nitrogens is 2. The average molecular weight is 858 g/mol. The van der Waals surface area contributed by atoms with E-state index in [0.29, 0.717) is 32.6 Å². The summed E-state index contributed by atoms with van der Waals surface area (Å²) < 4.78 is 41.8. The number of pyridine rings is 2. The van der Waals surface area contributed by atoms with Gasteiger partial charge in [-0.3, -0.25) is 29.5 Å². The highest BCUT2D eigenvalue weighted by Crippen LogP contribution is 2.34. The van der Waals surface area contributed by atoms with E-state index in [4.69, 9.17) is 46.3 Å². The molecule has 0 radical (unpaired) electrons. The van der Waals surface area contributed by atoms with E-state index >= 15 is 0 Å². The first kappa shape index (κ1) is 42.3. The van der Waals surface area contributed by atoms with Crippen LogP contribution < -0.4 is 22.1 Å². The van der Waals surface area contributed by atoms with Crippen molar-refractivity contribution in [3.63, 3.8) is 0 Å². The van der Waals surface area contributed by atoms with Gasteiger partial charge in [-0.15, -0.1) is 0 Å². The third kappa shape index (κ3) is 10.4. The quantitative estimate of drug-likeness (QED) is 0.0838. The van der Waals surface area contributed by atoms with Crippen molar-refractivity contribution in [2.45, 2.75) is 25.6 Å². The lowest BCUT2D eigenvalue weighted by Gasteiger charge is -2.15. The third-order valence-corrected chi connectivity index (χ3v) is 9.75. The zero-order valence-electron chi connectivity index (χ0n) is 31.3. The Labute approximate surface area is 351 Å². The molecule has 0 aliphatic rings. The molecule has 4 aromatic carbocycles. The number of carbonyl (C=O) groups is 2. The lowest BCUT2D eigenvalue weighted by Crippen LogP contribution is -2.31. The number of alkyl halides is 3. The van der Waals surface area contributed by atoms with Crippen molar-refractivity contribution in [2.24, 2.45) is 21.5 Å². The van der Waals surface area contributed by atoms with Gasteiger partial charge in [0.1, 0.15) is 11.7 Å². The maximum absolute atomic E-state index is 13.9. The number of hydrogen-bond acceptors (Lipinski definition) is 8. The van der Waals surface area contributed by atoms with Gasteiger partial charge in [0.25, 0.3) is 11.8 Å². The molecule has 0 saturated heterocycles. The van der Waals surface area contributed by atoms with Gasteiger partial charge in [-0.25, -0.2) is 0 Å². The molecular formula is C43H34Cl3F3N8O2. The Hall–Kier alpha value is -6.28. The molecule has 0 fully saturated rings. The van der Waals surface area contributed by atoms with Crippen LogP contribution in [0.4, 0.5) is 13.2 Å². The molecule has 2 aromatic heterocycles. The van der Waals surface area contributed by atoms with E-state index in [9.17, 15) is 22.8 Å². The van der Waals surface area contributed by atoms with Crippen LogP contribution in [0.1, 0.15) is 49.9 Å². The highest BCUT2D eigenvalue weighted by molar-refractivity contribution is 6.36. The minimum atomic E-state index is -4.70. The van der Waals surface area contributed by atoms with E-state index in [2.05, 4.69) is 30.6 Å². The van der Waals surface area contributed by atoms with Crippen LogP contribution in [0.15, 0.2) is 126 Å². The van der Waals surface area contributed by atoms with Gasteiger partial charge >= 0.3 is 6.18 Å². The van der Waals surface area contributed by atoms with Gasteiger partial charge in [0.2, 0.25) is 0 Å². The van der Waals surface area contributed by atoms with Crippen molar-refractivity contribution in [1.29, 1.82) is 0 Å². The summed E-state index contributed by atoms with van der Waals surface area (Å²) in [5, 5.41) is 7.55. The zero-order valence-corrected chi connectivity index (χ0v) is 33.5. The van der Waals surface area contributed by atoms with Crippen LogP contribution in [-0.4, -0.2) is 46.5 Å². The molecule has 1 unspecified atom stereocenters. The summed E-state index contributed by atoms with van der Waals surface area (Å²) in [6.07, 6.45) is 1.34. The van der Waals surface area contributed by atoms with Crippen LogP contribution >= 0.6 is 34.8 Å². The predicted octanol–water partition coefficient (Wildman–Crippen LogP) is 9.28. The van der Waals surface area contributed by atoms with Gasteiger partial charge in [-0.05, 0) is 85.1 Å². The summed E-state index contributed by atoms with van der Waals surface area (Å²) in [4.78, 5) is 44.3. The van der Waals surface area contributed by atoms with Crippen molar-refractivity contribution in [3.05, 3.63) is 164 Å². The number of halogens is 6. The first-order valence-electron chi connectivity index (χ1n) is 17.8. The molecule has 10 nitrogen and oxygen atoms in total. The third-order valence-electron chi connectivity index (χ3n) is 8.91. The molecule has 0 aliphatic heterocycles. The lowest BCUT2D eigenvalue weighted by molar-refractivity contribution is -0.137. The number of hydrogen-bond donors (Lipinski definition) is 4. The Morgan fingerprint density at radius 2 is 1.31 bits per heavy atom. The normalized spacial score (nSPS) is 13.4. The van der Waals surface area contributed by atoms with Crippen LogP contribution in [0.2, 0.25) is 15.1 Å². The molecule has 0 bridgehead atoms. The summed E-state index contributed by atoms with van der Waals surface area (Å²) in [5.41, 5.74) is 13.9. The number of carbonyl (C=O) groups excluding carboxylic acids is 2. The number of aliphatic imine (C=N–C) groups is 2. The van der Waals surface area contributed by atoms with E-state index in [1.165, 1.54) is 37.4 Å². The maximum atomic E-state index is 13.9. The molecule has 6 aromatic rings. The summed E-state index contributed by atoms with van der Waals surface area (Å²) in [6.45, 7) is 1.73. The fraction of sp³-hybridized carbons (Fsp3) is 0.116. The smallest absolute Gasteiger partial charge is 0.398 e. The molecule has 6 N–H and O–H groups in total. The summed E-state index contributed by atoms with van der Waals surface area (Å²) >= 11 is 19.4. The number of rotatable bonds is 9. The number of fused-ring (bicyclic) bond motifs is 2. The van der Waals surface area contributed by atoms with Gasteiger partial charge in [-0.2, -0.15) is 13.2 Å². The average Bonchev–Trinajstić information content (AvgIpc) is 3.19. The predicted molar refractivity (Wildman–Crippen MR) is 230 cm³/mol. The number of amides is 2. The highest BCUT2D eigenvalue weighted by atomic mass is 35.5. The highest BCUT2D eigenvalue weighted by Gasteiger charge is 2.33. The first-order chi connectivity index (χ1) is 28.1. The van der Waals surface area contributed by atoms with Crippen LogP contribution in [0.25, 0.3) is 33.2 Å². The molecule has 2 heterocycles. The molecule has 300 valence electrons. The van der Waals surface area contributed by atoms with Crippen molar-refractivity contribution in [2.75, 3.05) is 7.05 Å². The Kier molecular flexibility index (Phi) is 13.0. The van der Waals surface area contributed by atoms with Crippen LogP contribution in [0, 0.1) is 0 Å². The largest absolute Gasteiger partial charge is 0.417 e. The zero-order chi connectivity index (χ0) is 42.4. The Bertz CT molecular complexity index is 2730. The minimum Gasteiger partial charge on any atom is -0.398 e. The molecular weight excluding hydrogens is 824 g/mol. The number of benzene rings is 4. The van der Waals surface area contributed by atoms with E-state index in [1.807, 2.05) is 6.07 Å². The fourth-order valence-electron chi connectivity index (χ4n) is 6.16. The summed E-state index contributed by atoms with van der Waals surface area (Å²) in [7, 11) is 1.48. The van der Waals surface area contributed by atoms with E-state index in [0.717, 1.165) is 17.5 Å². The summed E-state index contributed by atoms with van der Waals surface area (Å²) in [5.74, 6) is -1.20. The summed E-state index contributed by atoms with van der Waals surface area (Å²) in [6, 6.07) is 22.7. The minimum absolute atomic E-state index is 0.0613. The van der Waals surface area contributed by atoms with Crippen molar-refractivity contribution < 1.29 is 22.8 Å². The molecule has 0 spiro atoms. The molecule has 2 amide bonds. The van der Waals surface area contributed by atoms with Gasteiger partial charge < -0.3 is 22.1 Å². The van der Waals surface area contributed by atoms with E-state index in [-0.39, 0.29) is 56.2 Å². The number of amidine groups is 2. The van der Waals surface area contributed by atoms with E-state index in [1.54, 1.807) is 73.9 Å². The van der Waals surface area contributed by atoms with Crippen molar-refractivity contribution in [1.82, 2.24) is 20.6 Å². The lowest BCUT2D eigenvalue weighted by atomic mass is 10.0. The van der Waals surface area contributed by atoms with Gasteiger partial charge in [0.05, 0.1) is 43.8 Å². The number of nitrogens with zero attached hydrogens (tertiary/aromatic N) is 4. The Balaban J connectivity index is 1.27. The Morgan fingerprint density at radius 1 is 0.746 bits per heavy atom. The van der Waals surface area contributed by atoms with Gasteiger partial charge in [0, 0.05) is 64.3 Å². The van der Waals surface area contributed by atoms with Crippen LogP contribution in [-0.2, 0) is 12.6 Å². The first-order valence-corrected chi connectivity index (χ1v) is 18.9. The molecule has 59 heavy (non-hydrogen) atoms. The van der Waals surface area contributed by atoms with Gasteiger partial charge in [0.15, 0.2) is 0 Å². The van der Waals surface area contributed by atoms with Crippen molar-refractivity contribution in [3.8, 4) is 0 Å². The fourth-order valence-corrected chi connectivity index (χ4v) is 6.93. The molecule has 16 heteroatoms. The second-order valence-electron chi connectivity index (χ2n) is 13.2. The topological polar surface area (TPSA) is 161 Å². The van der Waals surface area contributed by atoms with E-state index < -0.39 is 29.6 Å². The van der Waals surface area contributed by atoms with Crippen molar-refractivity contribution >= 4 is 91.5 Å². The number of nitrogens with two attached hydrogens (primary N) is 2. The number of nitrogens with one attached hydrogen (secondary N) is 2.